The number of hydrogen-bond donors (Lipinski definition) is 0. The third-order valence-corrected chi connectivity index (χ3v) is 14.9. The number of hydrogen-bond acceptors (Lipinski definition) is 4. The van der Waals surface area contributed by atoms with E-state index in [-0.39, 0.29) is 10.8 Å². The second-order valence-corrected chi connectivity index (χ2v) is 19.7. The first-order valence-corrected chi connectivity index (χ1v) is 22.2. The van der Waals surface area contributed by atoms with Gasteiger partial charge in [0, 0.05) is 22.1 Å². The lowest BCUT2D eigenvalue weighted by Gasteiger charge is -2.50. The maximum Gasteiger partial charge on any atom is 0.164 e. The topological polar surface area (TPSA) is 62.5 Å². The van der Waals surface area contributed by atoms with Gasteiger partial charge in [-0.2, -0.15) is 5.26 Å². The average Bonchev–Trinajstić information content (AvgIpc) is 3.22. The normalized spacial score (nSPS) is 29.2. The Hall–Kier alpha value is -5.14. The summed E-state index contributed by atoms with van der Waals surface area (Å²) in [6.07, 6.45) is 13.3. The number of rotatable bonds is 6. The van der Waals surface area contributed by atoms with Crippen molar-refractivity contribution in [3.63, 3.8) is 0 Å². The summed E-state index contributed by atoms with van der Waals surface area (Å²) in [6.45, 7) is 9.86. The zero-order chi connectivity index (χ0) is 39.6. The largest absolute Gasteiger partial charge is 0.208 e. The molecule has 0 spiro atoms. The van der Waals surface area contributed by atoms with E-state index in [9.17, 15) is 5.26 Å². The maximum atomic E-state index is 9.75. The van der Waals surface area contributed by atoms with Crippen LogP contribution >= 0.6 is 0 Å². The molecular weight excluding hydrogens is 705 g/mol. The molecule has 0 radical (unpaired) electrons. The van der Waals surface area contributed by atoms with Gasteiger partial charge in [-0.25, -0.2) is 15.0 Å². The fraction of sp³-hybridized carbons (Fsp3) is 0.407. The van der Waals surface area contributed by atoms with Crippen LogP contribution in [0.3, 0.4) is 0 Å². The first-order valence-electron chi connectivity index (χ1n) is 22.2. The smallest absolute Gasteiger partial charge is 0.164 e. The van der Waals surface area contributed by atoms with Gasteiger partial charge in [0.15, 0.2) is 17.5 Å². The predicted octanol–water partition coefficient (Wildman–Crippen LogP) is 13.8. The van der Waals surface area contributed by atoms with Gasteiger partial charge in [-0.15, -0.1) is 0 Å². The van der Waals surface area contributed by atoms with Gasteiger partial charge in [0.05, 0.1) is 11.6 Å². The third-order valence-electron chi connectivity index (χ3n) is 14.9. The molecule has 0 saturated heterocycles. The highest BCUT2D eigenvalue weighted by molar-refractivity contribution is 5.99. The van der Waals surface area contributed by atoms with Crippen molar-refractivity contribution in [2.75, 3.05) is 0 Å². The Morgan fingerprint density at radius 3 is 1.24 bits per heavy atom. The van der Waals surface area contributed by atoms with E-state index >= 15 is 0 Å². The summed E-state index contributed by atoms with van der Waals surface area (Å²) in [5.74, 6) is 6.90. The molecule has 4 bridgehead atoms. The monoisotopic (exact) mass is 760 g/mol. The van der Waals surface area contributed by atoms with Gasteiger partial charge < -0.3 is 0 Å². The van der Waals surface area contributed by atoms with Crippen LogP contribution in [0.1, 0.15) is 109 Å². The standard InChI is InChI=1S/C54H56N4/c1-34-23-38-24-35(2)28-53(27-34,31-38)45-18-13-42(14-19-45)51-56-50(41-11-9-40(10-12-41)48-22-17-44(33-55)47-7-5-6-8-49(47)48)57-52(58-51)43-15-20-46(21-16-43)54-29-36(3)25-39(32-54)26-37(4)30-54/h5-22,34-39H,23-32H2,1-4H3/t34-,35+,36-,37+,38?,39?,53?,54?. The van der Waals surface area contributed by atoms with Crippen LogP contribution in [0.5, 0.6) is 0 Å². The Labute approximate surface area is 345 Å². The lowest BCUT2D eigenvalue weighted by Crippen LogP contribution is -2.42. The van der Waals surface area contributed by atoms with Gasteiger partial charge in [-0.05, 0) is 144 Å². The second-order valence-electron chi connectivity index (χ2n) is 19.7. The lowest BCUT2D eigenvalue weighted by atomic mass is 9.54. The van der Waals surface area contributed by atoms with Gasteiger partial charge in [0.2, 0.25) is 0 Å². The van der Waals surface area contributed by atoms with Crippen LogP contribution in [0.4, 0.5) is 0 Å². The fourth-order valence-corrected chi connectivity index (χ4v) is 13.3. The molecule has 58 heavy (non-hydrogen) atoms. The lowest BCUT2D eigenvalue weighted by molar-refractivity contribution is 0.0779. The van der Waals surface area contributed by atoms with Crippen molar-refractivity contribution >= 4 is 10.8 Å². The van der Waals surface area contributed by atoms with Crippen molar-refractivity contribution in [3.8, 4) is 51.4 Å². The minimum atomic E-state index is 0.281. The molecule has 4 aliphatic rings. The average molecular weight is 761 g/mol. The molecule has 292 valence electrons. The van der Waals surface area contributed by atoms with Gasteiger partial charge in [0.25, 0.3) is 0 Å². The van der Waals surface area contributed by atoms with Crippen LogP contribution < -0.4 is 0 Å². The highest BCUT2D eigenvalue weighted by atomic mass is 15.0. The molecule has 0 N–H and O–H groups in total. The Kier molecular flexibility index (Phi) is 9.35. The molecule has 6 aromatic rings. The Balaban J connectivity index is 1.03. The first kappa shape index (κ1) is 37.2. The van der Waals surface area contributed by atoms with E-state index in [1.54, 1.807) is 0 Å². The summed E-state index contributed by atoms with van der Waals surface area (Å²) >= 11 is 0. The van der Waals surface area contributed by atoms with Crippen LogP contribution in [0.25, 0.3) is 56.1 Å². The quantitative estimate of drug-likeness (QED) is 0.170. The molecule has 4 nitrogen and oxygen atoms in total. The maximum absolute atomic E-state index is 9.75. The molecule has 0 amide bonds. The molecule has 1 heterocycles. The highest BCUT2D eigenvalue weighted by Crippen LogP contribution is 2.55. The van der Waals surface area contributed by atoms with Gasteiger partial charge in [-0.3, -0.25) is 0 Å². The number of nitriles is 1. The van der Waals surface area contributed by atoms with E-state index in [4.69, 9.17) is 15.0 Å². The van der Waals surface area contributed by atoms with Crippen molar-refractivity contribution < 1.29 is 0 Å². The van der Waals surface area contributed by atoms with Crippen molar-refractivity contribution in [2.24, 2.45) is 35.5 Å². The molecule has 10 rings (SSSR count). The van der Waals surface area contributed by atoms with Gasteiger partial charge >= 0.3 is 0 Å². The molecule has 4 aliphatic carbocycles. The summed E-state index contributed by atoms with van der Waals surface area (Å²) in [5.41, 5.74) is 9.45. The van der Waals surface area contributed by atoms with Crippen LogP contribution in [0.15, 0.2) is 109 Å². The highest BCUT2D eigenvalue weighted by Gasteiger charge is 2.46. The number of benzene rings is 5. The summed E-state index contributed by atoms with van der Waals surface area (Å²) in [5, 5.41) is 11.8. The Morgan fingerprint density at radius 2 is 0.828 bits per heavy atom. The van der Waals surface area contributed by atoms with E-state index in [1.807, 2.05) is 24.3 Å². The van der Waals surface area contributed by atoms with Gasteiger partial charge in [0.1, 0.15) is 0 Å². The van der Waals surface area contributed by atoms with Gasteiger partial charge in [-0.1, -0.05) is 131 Å². The van der Waals surface area contributed by atoms with Crippen molar-refractivity contribution in [3.05, 3.63) is 126 Å². The Bertz CT molecular complexity index is 2370. The predicted molar refractivity (Wildman–Crippen MR) is 237 cm³/mol. The SMILES string of the molecule is C[C@@H]1CC2C[C@H](C)CC(c3ccc(-c4nc(-c5ccc(-c6ccc(C#N)c7ccccc67)cc5)nc(-c5ccc(C67CC(C[C@@H](C)C6)C[C@H](C)C7)cc5)n4)cc3)(C2)C1. The number of nitrogens with zero attached hydrogens (tertiary/aromatic N) is 4. The van der Waals surface area contributed by atoms with Crippen LogP contribution in [-0.4, -0.2) is 15.0 Å². The fourth-order valence-electron chi connectivity index (χ4n) is 13.3. The van der Waals surface area contributed by atoms with E-state index in [1.165, 1.54) is 75.3 Å². The zero-order valence-corrected chi connectivity index (χ0v) is 34.7. The van der Waals surface area contributed by atoms with Crippen LogP contribution in [0, 0.1) is 46.8 Å². The van der Waals surface area contributed by atoms with Crippen molar-refractivity contribution in [2.45, 2.75) is 103 Å². The summed E-state index contributed by atoms with van der Waals surface area (Å²) in [7, 11) is 0. The molecule has 4 saturated carbocycles. The molecule has 4 heteroatoms. The van der Waals surface area contributed by atoms with E-state index < -0.39 is 0 Å². The van der Waals surface area contributed by atoms with Crippen molar-refractivity contribution in [1.29, 1.82) is 5.26 Å². The molecule has 4 unspecified atom stereocenters. The molecule has 5 aromatic carbocycles. The van der Waals surface area contributed by atoms with Crippen LogP contribution in [0.2, 0.25) is 0 Å². The number of aromatic nitrogens is 3. The van der Waals surface area contributed by atoms with E-state index in [0.717, 1.165) is 74.1 Å². The molecule has 0 aliphatic heterocycles. The third kappa shape index (κ3) is 6.75. The molecule has 8 atom stereocenters. The Morgan fingerprint density at radius 1 is 0.448 bits per heavy atom. The minimum absolute atomic E-state index is 0.281. The number of fused-ring (bicyclic) bond motifs is 5. The summed E-state index contributed by atoms with van der Waals surface area (Å²) < 4.78 is 0. The molecule has 4 fully saturated rings. The first-order chi connectivity index (χ1) is 28.2. The zero-order valence-electron chi connectivity index (χ0n) is 34.7. The second kappa shape index (κ2) is 14.6. The minimum Gasteiger partial charge on any atom is -0.208 e. The van der Waals surface area contributed by atoms with E-state index in [0.29, 0.717) is 23.0 Å². The van der Waals surface area contributed by atoms with Crippen LogP contribution in [-0.2, 0) is 10.8 Å². The summed E-state index contributed by atoms with van der Waals surface area (Å²) in [4.78, 5) is 15.6. The summed E-state index contributed by atoms with van der Waals surface area (Å²) in [6, 6.07) is 41.7. The van der Waals surface area contributed by atoms with Crippen molar-refractivity contribution in [1.82, 2.24) is 15.0 Å². The molecule has 1 aromatic heterocycles. The van der Waals surface area contributed by atoms with E-state index in [2.05, 4.69) is 119 Å². The molecular formula is C54H56N4.